The van der Waals surface area contributed by atoms with Crippen molar-refractivity contribution in [1.29, 1.82) is 0 Å². The van der Waals surface area contributed by atoms with Crippen LogP contribution in [0.3, 0.4) is 0 Å². The molecule has 3 N–H and O–H groups in total. The summed E-state index contributed by atoms with van der Waals surface area (Å²) in [5.41, 5.74) is 0. The number of nitrogens with one attached hydrogen (secondary N) is 2. The maximum Gasteiger partial charge on any atom is 0.303 e. The van der Waals surface area contributed by atoms with Crippen molar-refractivity contribution >= 4 is 17.8 Å². The maximum atomic E-state index is 12.3. The van der Waals surface area contributed by atoms with E-state index in [0.717, 1.165) is 52.1 Å². The first-order chi connectivity index (χ1) is 13.9. The molecule has 2 aliphatic rings. The van der Waals surface area contributed by atoms with Gasteiger partial charge in [0.25, 0.3) is 0 Å². The molecule has 0 radical (unpaired) electrons. The Labute approximate surface area is 173 Å². The van der Waals surface area contributed by atoms with Crippen molar-refractivity contribution in [3.8, 4) is 0 Å². The molecule has 9 nitrogen and oxygen atoms in total. The lowest BCUT2D eigenvalue weighted by Gasteiger charge is -2.36. The first-order valence-corrected chi connectivity index (χ1v) is 10.8. The molecular weight excluding hydrogens is 385 g/mol. The van der Waals surface area contributed by atoms with E-state index in [1.165, 1.54) is 0 Å². The lowest BCUT2D eigenvalue weighted by molar-refractivity contribution is -0.137. The molecule has 0 bridgehead atoms. The van der Waals surface area contributed by atoms with Gasteiger partial charge in [0.05, 0.1) is 6.54 Å². The first-order valence-electron chi connectivity index (χ1n) is 10.8. The van der Waals surface area contributed by atoms with E-state index >= 15 is 0 Å². The number of carboxylic acid groups (broad SMARTS) is 1. The number of carbonyl (C=O) groups excluding carboxylic acids is 2. The van der Waals surface area contributed by atoms with Gasteiger partial charge in [-0.2, -0.15) is 0 Å². The van der Waals surface area contributed by atoms with Crippen LogP contribution < -0.4 is 10.6 Å². The van der Waals surface area contributed by atoms with Gasteiger partial charge >= 0.3 is 5.97 Å². The Morgan fingerprint density at radius 2 is 1.59 bits per heavy atom. The molecule has 0 spiro atoms. The number of carboxylic acids is 1. The third kappa shape index (κ3) is 9.56. The van der Waals surface area contributed by atoms with Gasteiger partial charge in [-0.05, 0) is 39.3 Å². The number of likely N-dealkylation sites (N-methyl/N-ethyl adjacent to an activating group) is 1. The third-order valence-corrected chi connectivity index (χ3v) is 5.70. The summed E-state index contributed by atoms with van der Waals surface area (Å²) in [6, 6.07) is 0.459. The van der Waals surface area contributed by atoms with Crippen molar-refractivity contribution in [2.75, 3.05) is 66.0 Å². The fraction of sp³-hybridized carbons (Fsp3) is 0.850. The number of nitrogens with zero attached hydrogens (tertiary/aromatic N) is 3. The van der Waals surface area contributed by atoms with E-state index in [9.17, 15) is 14.4 Å². The van der Waals surface area contributed by atoms with E-state index in [1.807, 2.05) is 0 Å². The Hall–Kier alpha value is -1.71. The normalized spacial score (nSPS) is 21.2. The number of carbonyl (C=O) groups is 3. The second-order valence-corrected chi connectivity index (χ2v) is 8.17. The first kappa shape index (κ1) is 23.6. The summed E-state index contributed by atoms with van der Waals surface area (Å²) in [6.07, 6.45) is 3.71. The molecule has 0 aromatic carbocycles. The zero-order chi connectivity index (χ0) is 21.1. The highest BCUT2D eigenvalue weighted by Gasteiger charge is 2.28. The highest BCUT2D eigenvalue weighted by Crippen LogP contribution is 2.18. The van der Waals surface area contributed by atoms with Crippen molar-refractivity contribution in [2.45, 2.75) is 44.6 Å². The molecule has 2 rings (SSSR count). The van der Waals surface area contributed by atoms with Gasteiger partial charge in [-0.15, -0.1) is 0 Å². The molecule has 0 aliphatic carbocycles. The summed E-state index contributed by atoms with van der Waals surface area (Å²) in [7, 11) is 2.16. The van der Waals surface area contributed by atoms with Gasteiger partial charge in [-0.1, -0.05) is 0 Å². The molecule has 166 valence electrons. The number of aliphatic carboxylic acids is 1. The number of piperazine rings is 1. The van der Waals surface area contributed by atoms with E-state index in [-0.39, 0.29) is 18.2 Å². The zero-order valence-corrected chi connectivity index (χ0v) is 17.7. The van der Waals surface area contributed by atoms with Crippen LogP contribution in [0.5, 0.6) is 0 Å². The minimum absolute atomic E-state index is 0.0251. The van der Waals surface area contributed by atoms with Crippen molar-refractivity contribution in [2.24, 2.45) is 0 Å². The van der Waals surface area contributed by atoms with Crippen LogP contribution in [-0.4, -0.2) is 110 Å². The summed E-state index contributed by atoms with van der Waals surface area (Å²) in [4.78, 5) is 41.5. The molecule has 2 aliphatic heterocycles. The smallest absolute Gasteiger partial charge is 0.303 e. The molecule has 29 heavy (non-hydrogen) atoms. The maximum absolute atomic E-state index is 12.3. The molecule has 1 unspecified atom stereocenters. The Morgan fingerprint density at radius 3 is 2.28 bits per heavy atom. The summed E-state index contributed by atoms with van der Waals surface area (Å²) in [5.74, 6) is -0.931. The van der Waals surface area contributed by atoms with Gasteiger partial charge in [0, 0.05) is 64.7 Å². The monoisotopic (exact) mass is 422 g/mol. The molecule has 2 fully saturated rings. The van der Waals surface area contributed by atoms with E-state index in [2.05, 4.69) is 32.4 Å². The van der Waals surface area contributed by atoms with Gasteiger partial charge < -0.3 is 20.6 Å². The largest absolute Gasteiger partial charge is 0.481 e. The topological polar surface area (TPSA) is 105 Å². The van der Waals surface area contributed by atoms with Gasteiger partial charge in [0.1, 0.15) is 0 Å². The second-order valence-electron chi connectivity index (χ2n) is 8.17. The highest BCUT2D eigenvalue weighted by atomic mass is 16.5. The minimum atomic E-state index is -0.856. The van der Waals surface area contributed by atoms with Crippen molar-refractivity contribution < 1.29 is 19.5 Å². The number of likely N-dealkylation sites (tertiary alicyclic amines) is 1. The van der Waals surface area contributed by atoms with Crippen LogP contribution >= 0.6 is 0 Å². The molecule has 2 heterocycles. The van der Waals surface area contributed by atoms with Gasteiger partial charge in [-0.25, -0.2) is 0 Å². The fourth-order valence-corrected chi connectivity index (χ4v) is 3.91. The highest BCUT2D eigenvalue weighted by molar-refractivity contribution is 5.78. The molecule has 1 atom stereocenters. The quantitative estimate of drug-likeness (QED) is 0.223. The van der Waals surface area contributed by atoms with E-state index in [4.69, 9.17) is 5.11 Å². The van der Waals surface area contributed by atoms with E-state index in [0.29, 0.717) is 44.9 Å². The van der Waals surface area contributed by atoms with Crippen LogP contribution in [0, 0.1) is 0 Å². The molecule has 0 saturated carbocycles. The average molecular weight is 422 g/mol. The van der Waals surface area contributed by atoms with Gasteiger partial charge in [-0.3, -0.25) is 24.2 Å². The Kier molecular flexibility index (Phi) is 10.4. The van der Waals surface area contributed by atoms with Crippen LogP contribution in [0.1, 0.15) is 38.5 Å². The summed E-state index contributed by atoms with van der Waals surface area (Å²) < 4.78 is 0. The summed E-state index contributed by atoms with van der Waals surface area (Å²) >= 11 is 0. The zero-order valence-electron chi connectivity index (χ0n) is 17.7. The van der Waals surface area contributed by atoms with Gasteiger partial charge in [0.2, 0.25) is 11.8 Å². The van der Waals surface area contributed by atoms with Crippen LogP contribution in [0.15, 0.2) is 0 Å². The summed E-state index contributed by atoms with van der Waals surface area (Å²) in [6.45, 7) is 7.74. The summed E-state index contributed by atoms with van der Waals surface area (Å²) in [5, 5.41) is 14.2. The second kappa shape index (κ2) is 12.8. The molecule has 2 amide bonds. The molecule has 9 heteroatoms. The SMILES string of the molecule is CN1CCN(CC2CCCN2C[13C](=O)[15NH][13CH2][13CH2][13CH2][13C](=O)[15NH][13CH2][13CH2][13CH2][13C](=O)O)CC1. The van der Waals surface area contributed by atoms with Crippen LogP contribution in [0.2, 0.25) is 0 Å². The van der Waals surface area contributed by atoms with Crippen molar-refractivity contribution in [1.82, 2.24) is 25.3 Å². The predicted octanol–water partition coefficient (Wildman–Crippen LogP) is -0.424. The number of hydrogen-bond acceptors (Lipinski definition) is 6. The molecule has 2 saturated heterocycles. The molecule has 0 aromatic rings. The van der Waals surface area contributed by atoms with Crippen LogP contribution in [0.25, 0.3) is 0 Å². The fourth-order valence-electron chi connectivity index (χ4n) is 3.91. The molecule has 0 aromatic heterocycles. The lowest BCUT2D eigenvalue weighted by Crippen LogP contribution is -2.50. The average Bonchev–Trinajstić information content (AvgIpc) is 3.10. The minimum Gasteiger partial charge on any atom is -0.481 e. The van der Waals surface area contributed by atoms with Crippen molar-refractivity contribution in [3.05, 3.63) is 0 Å². The Morgan fingerprint density at radius 1 is 0.931 bits per heavy atom. The lowest BCUT2D eigenvalue weighted by atomic mass is 10.2. The molecular formula is C20H37N5O4. The number of amides is 2. The van der Waals surface area contributed by atoms with Crippen LogP contribution in [0.4, 0.5) is 0 Å². The van der Waals surface area contributed by atoms with Gasteiger partial charge in [0.15, 0.2) is 0 Å². The van der Waals surface area contributed by atoms with Crippen molar-refractivity contribution in [3.63, 3.8) is 0 Å². The third-order valence-electron chi connectivity index (χ3n) is 5.70. The standard InChI is InChI=1S/C20H37N5O4/c1-23-11-13-24(14-12-23)15-17-5-4-10-25(17)16-19(27)22-8-2-6-18(26)21-9-3-7-20(28)29/h17H,2-16H2,1H3,(H,21,26)(H,22,27)(H,28,29)/i2+1,3+1,6+1,7+1,8+1,9+1,18+1,19+1,20+1,21+1,22+1. The number of rotatable bonds is 12. The van der Waals surface area contributed by atoms with E-state index in [1.54, 1.807) is 0 Å². The number of hydrogen-bond donors (Lipinski definition) is 3. The van der Waals surface area contributed by atoms with E-state index < -0.39 is 5.97 Å². The predicted molar refractivity (Wildman–Crippen MR) is 111 cm³/mol. The Balaban J connectivity index is 1.55. The van der Waals surface area contributed by atoms with Crippen LogP contribution in [-0.2, 0) is 14.4 Å². The Bertz CT molecular complexity index is 537.